The number of para-hydroxylation sites is 1. The molecule has 0 unspecified atom stereocenters. The van der Waals surface area contributed by atoms with Crippen molar-refractivity contribution >= 4 is 11.8 Å². The number of hydrogen-bond acceptors (Lipinski definition) is 4. The van der Waals surface area contributed by atoms with Crippen LogP contribution in [-0.2, 0) is 12.5 Å². The Morgan fingerprint density at radius 3 is 2.50 bits per heavy atom. The van der Waals surface area contributed by atoms with Crippen LogP contribution in [0.2, 0.25) is 0 Å². The number of urea groups is 1. The molecule has 3 N–H and O–H groups in total. The number of nitrogens with zero attached hydrogens (tertiary/aromatic N) is 4. The summed E-state index contributed by atoms with van der Waals surface area (Å²) in [4.78, 5) is 13.2. The van der Waals surface area contributed by atoms with Gasteiger partial charge in [0.2, 0.25) is 0 Å². The van der Waals surface area contributed by atoms with Crippen molar-refractivity contribution < 1.29 is 9.90 Å². The lowest BCUT2D eigenvalue weighted by atomic mass is 9.84. The van der Waals surface area contributed by atoms with Crippen LogP contribution in [0.4, 0.5) is 10.6 Å². The molecule has 174 valence electrons. The average Bonchev–Trinajstić information content (AvgIpc) is 3.45. The molecule has 0 bridgehead atoms. The maximum atomic E-state index is 13.2. The fourth-order valence-electron chi connectivity index (χ4n) is 4.76. The van der Waals surface area contributed by atoms with Crippen LogP contribution < -0.4 is 10.6 Å². The first-order valence-electron chi connectivity index (χ1n) is 11.3. The van der Waals surface area contributed by atoms with Crippen molar-refractivity contribution in [2.45, 2.75) is 38.3 Å². The van der Waals surface area contributed by atoms with E-state index in [1.165, 1.54) is 0 Å². The van der Waals surface area contributed by atoms with Crippen molar-refractivity contribution in [3.05, 3.63) is 83.7 Å². The third-order valence-corrected chi connectivity index (χ3v) is 6.67. The van der Waals surface area contributed by atoms with Crippen LogP contribution >= 0.6 is 0 Å². The molecule has 2 amide bonds. The van der Waals surface area contributed by atoms with Gasteiger partial charge in [0.15, 0.2) is 0 Å². The lowest BCUT2D eigenvalue weighted by Gasteiger charge is -2.27. The molecule has 2 aromatic carbocycles. The normalized spacial score (nSPS) is 18.5. The molecular weight excluding hydrogens is 428 g/mol. The lowest BCUT2D eigenvalue weighted by Crippen LogP contribution is -2.41. The molecule has 8 nitrogen and oxygen atoms in total. The first-order valence-corrected chi connectivity index (χ1v) is 11.3. The van der Waals surface area contributed by atoms with Gasteiger partial charge in [-0.05, 0) is 30.2 Å². The van der Waals surface area contributed by atoms with Crippen LogP contribution in [0.15, 0.2) is 67.0 Å². The number of aliphatic hydroxyl groups is 1. The highest BCUT2D eigenvalue weighted by Crippen LogP contribution is 2.44. The van der Waals surface area contributed by atoms with E-state index in [1.807, 2.05) is 88.6 Å². The second kappa shape index (κ2) is 8.14. The fraction of sp³-hybridized carbons (Fsp3) is 0.269. The second-order valence-electron chi connectivity index (χ2n) is 9.30. The van der Waals surface area contributed by atoms with Crippen molar-refractivity contribution in [2.24, 2.45) is 7.05 Å². The van der Waals surface area contributed by atoms with Gasteiger partial charge in [-0.15, -0.1) is 0 Å². The summed E-state index contributed by atoms with van der Waals surface area (Å²) in [7, 11) is 1.85. The Hall–Kier alpha value is -3.91. The molecule has 1 aliphatic rings. The zero-order valence-electron chi connectivity index (χ0n) is 19.6. The van der Waals surface area contributed by atoms with Gasteiger partial charge in [0.25, 0.3) is 0 Å². The number of fused-ring (bicyclic) bond motifs is 1. The Balaban J connectivity index is 1.48. The summed E-state index contributed by atoms with van der Waals surface area (Å²) in [6.45, 7) is 5.91. The summed E-state index contributed by atoms with van der Waals surface area (Å²) in [5.41, 5.74) is 4.74. The first kappa shape index (κ1) is 21.9. The number of benzene rings is 2. The number of aromatic nitrogens is 4. The second-order valence-corrected chi connectivity index (χ2v) is 9.30. The molecule has 8 heteroatoms. The van der Waals surface area contributed by atoms with Crippen LogP contribution in [0.25, 0.3) is 16.9 Å². The third-order valence-electron chi connectivity index (χ3n) is 6.67. The van der Waals surface area contributed by atoms with Crippen molar-refractivity contribution in [1.29, 1.82) is 0 Å². The summed E-state index contributed by atoms with van der Waals surface area (Å²) >= 11 is 0. The van der Waals surface area contributed by atoms with Gasteiger partial charge in [-0.1, -0.05) is 56.3 Å². The predicted octanol–water partition coefficient (Wildman–Crippen LogP) is 4.10. The van der Waals surface area contributed by atoms with E-state index in [2.05, 4.69) is 15.7 Å². The Kier molecular flexibility index (Phi) is 5.25. The molecular formula is C26H28N6O2. The zero-order valence-corrected chi connectivity index (χ0v) is 19.6. The van der Waals surface area contributed by atoms with Gasteiger partial charge < -0.3 is 10.4 Å². The first-order chi connectivity index (χ1) is 16.3. The quantitative estimate of drug-likeness (QED) is 0.431. The number of hydrogen-bond donors (Lipinski definition) is 3. The largest absolute Gasteiger partial charge is 0.390 e. The molecule has 34 heavy (non-hydrogen) atoms. The minimum Gasteiger partial charge on any atom is -0.390 e. The highest BCUT2D eigenvalue weighted by Gasteiger charge is 2.46. The van der Waals surface area contributed by atoms with Crippen LogP contribution in [0.5, 0.6) is 0 Å². The SMILES string of the molecule is Cc1c(-c2cnn(C)c2)nn(-c2ccccc2)c1NC(=O)N[C@@H]1c2ccccc2C(C)(C)[C@H]1O. The van der Waals surface area contributed by atoms with Crippen molar-refractivity contribution in [3.63, 3.8) is 0 Å². The molecule has 0 aliphatic heterocycles. The van der Waals surface area contributed by atoms with Gasteiger partial charge in [0.05, 0.1) is 24.0 Å². The van der Waals surface area contributed by atoms with E-state index in [9.17, 15) is 9.90 Å². The molecule has 2 aromatic heterocycles. The number of aliphatic hydroxyl groups excluding tert-OH is 1. The average molecular weight is 457 g/mol. The van der Waals surface area contributed by atoms with Crippen LogP contribution in [-0.4, -0.2) is 36.8 Å². The van der Waals surface area contributed by atoms with Crippen molar-refractivity contribution in [3.8, 4) is 16.9 Å². The van der Waals surface area contributed by atoms with E-state index < -0.39 is 23.6 Å². The summed E-state index contributed by atoms with van der Waals surface area (Å²) in [6.07, 6.45) is 2.90. The Morgan fingerprint density at radius 1 is 1.09 bits per heavy atom. The fourth-order valence-corrected chi connectivity index (χ4v) is 4.76. The summed E-state index contributed by atoms with van der Waals surface area (Å²) in [5, 5.41) is 26.1. The van der Waals surface area contributed by atoms with E-state index in [4.69, 9.17) is 5.10 Å². The number of carbonyl (C=O) groups excluding carboxylic acids is 1. The van der Waals surface area contributed by atoms with Crippen molar-refractivity contribution in [2.75, 3.05) is 5.32 Å². The number of amides is 2. The van der Waals surface area contributed by atoms with Gasteiger partial charge in [-0.3, -0.25) is 10.00 Å². The topological polar surface area (TPSA) is 97.0 Å². The number of nitrogens with one attached hydrogen (secondary N) is 2. The van der Waals surface area contributed by atoms with Gasteiger partial charge in [-0.25, -0.2) is 9.48 Å². The molecule has 1 aliphatic carbocycles. The Morgan fingerprint density at radius 2 is 1.79 bits per heavy atom. The van der Waals surface area contributed by atoms with Crippen LogP contribution in [0, 0.1) is 6.92 Å². The maximum Gasteiger partial charge on any atom is 0.320 e. The highest BCUT2D eigenvalue weighted by atomic mass is 16.3. The number of aryl methyl sites for hydroxylation is 1. The van der Waals surface area contributed by atoms with E-state index in [0.29, 0.717) is 5.82 Å². The smallest absolute Gasteiger partial charge is 0.320 e. The summed E-state index contributed by atoms with van der Waals surface area (Å²) in [6, 6.07) is 16.6. The number of anilines is 1. The third kappa shape index (κ3) is 3.56. The zero-order chi connectivity index (χ0) is 24.0. The molecule has 5 rings (SSSR count). The summed E-state index contributed by atoms with van der Waals surface area (Å²) < 4.78 is 3.44. The van der Waals surface area contributed by atoms with Crippen LogP contribution in [0.1, 0.15) is 36.6 Å². The molecule has 4 aromatic rings. The predicted molar refractivity (Wildman–Crippen MR) is 131 cm³/mol. The van der Waals surface area contributed by atoms with Gasteiger partial charge in [0.1, 0.15) is 11.5 Å². The summed E-state index contributed by atoms with van der Waals surface area (Å²) in [5.74, 6) is 0.558. The Bertz CT molecular complexity index is 1350. The van der Waals surface area contributed by atoms with E-state index in [-0.39, 0.29) is 0 Å². The minimum absolute atomic E-state index is 0.408. The minimum atomic E-state index is -0.748. The number of rotatable bonds is 4. The molecule has 0 radical (unpaired) electrons. The van der Waals surface area contributed by atoms with E-state index in [0.717, 1.165) is 33.6 Å². The van der Waals surface area contributed by atoms with E-state index >= 15 is 0 Å². The molecule has 0 fully saturated rings. The van der Waals surface area contributed by atoms with E-state index in [1.54, 1.807) is 15.6 Å². The Labute approximate surface area is 198 Å². The van der Waals surface area contributed by atoms with Gasteiger partial charge in [-0.2, -0.15) is 10.2 Å². The molecule has 0 spiro atoms. The lowest BCUT2D eigenvalue weighted by molar-refractivity contribution is 0.0828. The molecule has 0 saturated carbocycles. The molecule has 2 heterocycles. The monoisotopic (exact) mass is 456 g/mol. The van der Waals surface area contributed by atoms with Gasteiger partial charge >= 0.3 is 6.03 Å². The highest BCUT2D eigenvalue weighted by molar-refractivity contribution is 5.91. The number of carbonyl (C=O) groups is 1. The van der Waals surface area contributed by atoms with Gasteiger partial charge in [0, 0.05) is 29.8 Å². The molecule has 2 atom stereocenters. The maximum absolute atomic E-state index is 13.2. The molecule has 0 saturated heterocycles. The standard InChI is InChI=1S/C26H28N6O2/c1-16-21(17-14-27-31(4)15-17)30-32(18-10-6-5-7-11-18)24(16)29-25(34)28-22-19-12-8-9-13-20(19)26(2,3)23(22)33/h5-15,22-23,33H,1-4H3,(H2,28,29,34)/t22-,23+/m1/s1. The van der Waals surface area contributed by atoms with Crippen LogP contribution in [0.3, 0.4) is 0 Å². The van der Waals surface area contributed by atoms with Crippen molar-refractivity contribution in [1.82, 2.24) is 24.9 Å².